The number of nitrogen functional groups attached to an aromatic ring is 1. The second-order valence-corrected chi connectivity index (χ2v) is 3.68. The van der Waals surface area contributed by atoms with Crippen molar-refractivity contribution in [1.29, 1.82) is 0 Å². The molecule has 0 aromatic heterocycles. The summed E-state index contributed by atoms with van der Waals surface area (Å²) < 4.78 is 0. The van der Waals surface area contributed by atoms with Crippen molar-refractivity contribution in [3.63, 3.8) is 0 Å². The molecule has 0 fully saturated rings. The van der Waals surface area contributed by atoms with Crippen LogP contribution in [0.1, 0.15) is 30.9 Å². The van der Waals surface area contributed by atoms with Crippen molar-refractivity contribution >= 4 is 11.7 Å². The van der Waals surface area contributed by atoms with Gasteiger partial charge in [0.25, 0.3) is 0 Å². The molecule has 0 bridgehead atoms. The Hall–Kier alpha value is -1.51. The van der Waals surface area contributed by atoms with E-state index in [4.69, 9.17) is 10.8 Å². The molecule has 3 N–H and O–H groups in total. The first kappa shape index (κ1) is 10.6. The molecule has 0 radical (unpaired) electrons. The summed E-state index contributed by atoms with van der Waals surface area (Å²) in [5.74, 6) is -0.440. The fourth-order valence-corrected chi connectivity index (χ4v) is 1.30. The molecule has 0 unspecified atom stereocenters. The lowest BCUT2D eigenvalue weighted by atomic mass is 9.99. The number of carboxylic acid groups (broad SMARTS) is 1. The maximum atomic E-state index is 10.5. The Bertz CT molecular complexity index is 345. The van der Waals surface area contributed by atoms with Gasteiger partial charge in [-0.2, -0.15) is 0 Å². The van der Waals surface area contributed by atoms with Crippen LogP contribution in [0.5, 0.6) is 0 Å². The predicted octanol–water partition coefficient (Wildman–Crippen LogP) is 2.02. The second kappa shape index (κ2) is 4.13. The van der Waals surface area contributed by atoms with Crippen molar-refractivity contribution in [2.24, 2.45) is 0 Å². The van der Waals surface area contributed by atoms with E-state index in [1.54, 1.807) is 6.07 Å². The van der Waals surface area contributed by atoms with E-state index in [2.05, 4.69) is 13.8 Å². The molecular weight excluding hydrogens is 178 g/mol. The SMILES string of the molecule is CC(C)c1ccc(CC(=O)O)c(N)c1. The summed E-state index contributed by atoms with van der Waals surface area (Å²) in [6, 6.07) is 5.57. The van der Waals surface area contributed by atoms with Gasteiger partial charge in [-0.05, 0) is 23.1 Å². The zero-order valence-corrected chi connectivity index (χ0v) is 8.45. The first-order valence-corrected chi connectivity index (χ1v) is 4.60. The summed E-state index contributed by atoms with van der Waals surface area (Å²) in [5, 5.41) is 8.61. The second-order valence-electron chi connectivity index (χ2n) is 3.68. The summed E-state index contributed by atoms with van der Waals surface area (Å²) in [7, 11) is 0. The first-order chi connectivity index (χ1) is 6.50. The Balaban J connectivity index is 2.95. The minimum atomic E-state index is -0.853. The van der Waals surface area contributed by atoms with Crippen molar-refractivity contribution in [3.05, 3.63) is 29.3 Å². The van der Waals surface area contributed by atoms with Crippen LogP contribution in [-0.2, 0) is 11.2 Å². The van der Waals surface area contributed by atoms with E-state index in [9.17, 15) is 4.79 Å². The van der Waals surface area contributed by atoms with Crippen LogP contribution in [0.15, 0.2) is 18.2 Å². The Morgan fingerprint density at radius 1 is 1.50 bits per heavy atom. The Kier molecular flexibility index (Phi) is 3.12. The normalized spacial score (nSPS) is 10.5. The number of carboxylic acids is 1. The van der Waals surface area contributed by atoms with Crippen LogP contribution in [-0.4, -0.2) is 11.1 Å². The van der Waals surface area contributed by atoms with Crippen LogP contribution in [0.4, 0.5) is 5.69 Å². The molecule has 0 spiro atoms. The third-order valence-corrected chi connectivity index (χ3v) is 2.18. The molecule has 0 amide bonds. The largest absolute Gasteiger partial charge is 0.481 e. The van der Waals surface area contributed by atoms with Gasteiger partial charge in [0.1, 0.15) is 0 Å². The van der Waals surface area contributed by atoms with E-state index in [1.165, 1.54) is 0 Å². The van der Waals surface area contributed by atoms with Crippen molar-refractivity contribution < 1.29 is 9.90 Å². The highest BCUT2D eigenvalue weighted by atomic mass is 16.4. The quantitative estimate of drug-likeness (QED) is 0.722. The van der Waals surface area contributed by atoms with Crippen LogP contribution >= 0.6 is 0 Å². The average Bonchev–Trinajstić information content (AvgIpc) is 2.07. The van der Waals surface area contributed by atoms with Gasteiger partial charge in [0.2, 0.25) is 0 Å². The number of nitrogens with two attached hydrogens (primary N) is 1. The first-order valence-electron chi connectivity index (χ1n) is 4.60. The molecular formula is C11H15NO2. The molecule has 3 nitrogen and oxygen atoms in total. The van der Waals surface area contributed by atoms with Gasteiger partial charge in [0.15, 0.2) is 0 Å². The van der Waals surface area contributed by atoms with Gasteiger partial charge in [-0.15, -0.1) is 0 Å². The third-order valence-electron chi connectivity index (χ3n) is 2.18. The fourth-order valence-electron chi connectivity index (χ4n) is 1.30. The zero-order valence-electron chi connectivity index (χ0n) is 8.45. The summed E-state index contributed by atoms with van der Waals surface area (Å²) >= 11 is 0. The molecule has 14 heavy (non-hydrogen) atoms. The molecule has 0 aliphatic carbocycles. The number of rotatable bonds is 3. The van der Waals surface area contributed by atoms with Crippen LogP contribution in [0, 0.1) is 0 Å². The van der Waals surface area contributed by atoms with E-state index in [0.717, 1.165) is 5.56 Å². The summed E-state index contributed by atoms with van der Waals surface area (Å²) in [4.78, 5) is 10.5. The molecule has 1 rings (SSSR count). The Labute approximate surface area is 83.6 Å². The lowest BCUT2D eigenvalue weighted by Gasteiger charge is -2.09. The number of benzene rings is 1. The average molecular weight is 193 g/mol. The highest BCUT2D eigenvalue weighted by Gasteiger charge is 2.06. The highest BCUT2D eigenvalue weighted by molar-refractivity contribution is 5.73. The summed E-state index contributed by atoms with van der Waals surface area (Å²) in [6.07, 6.45) is -0.00971. The molecule has 1 aromatic carbocycles. The van der Waals surface area contributed by atoms with Gasteiger partial charge in [0, 0.05) is 5.69 Å². The highest BCUT2D eigenvalue weighted by Crippen LogP contribution is 2.20. The van der Waals surface area contributed by atoms with Gasteiger partial charge >= 0.3 is 5.97 Å². The van der Waals surface area contributed by atoms with Crippen LogP contribution in [0.3, 0.4) is 0 Å². The molecule has 0 heterocycles. The smallest absolute Gasteiger partial charge is 0.307 e. The predicted molar refractivity (Wildman–Crippen MR) is 56.3 cm³/mol. The Morgan fingerprint density at radius 3 is 2.57 bits per heavy atom. The zero-order chi connectivity index (χ0) is 10.7. The van der Waals surface area contributed by atoms with Crippen molar-refractivity contribution in [2.75, 3.05) is 5.73 Å². The minimum absolute atomic E-state index is 0.00971. The number of carbonyl (C=O) groups is 1. The van der Waals surface area contributed by atoms with E-state index >= 15 is 0 Å². The lowest BCUT2D eigenvalue weighted by Crippen LogP contribution is -2.04. The number of anilines is 1. The molecule has 1 aromatic rings. The maximum Gasteiger partial charge on any atom is 0.307 e. The number of aliphatic carboxylic acids is 1. The van der Waals surface area contributed by atoms with Gasteiger partial charge in [0.05, 0.1) is 6.42 Å². The minimum Gasteiger partial charge on any atom is -0.481 e. The third kappa shape index (κ3) is 2.49. The van der Waals surface area contributed by atoms with E-state index in [0.29, 0.717) is 17.2 Å². The molecule has 0 saturated heterocycles. The molecule has 3 heteroatoms. The fraction of sp³-hybridized carbons (Fsp3) is 0.364. The Morgan fingerprint density at radius 2 is 2.14 bits per heavy atom. The van der Waals surface area contributed by atoms with Crippen molar-refractivity contribution in [2.45, 2.75) is 26.2 Å². The number of hydrogen-bond donors (Lipinski definition) is 2. The van der Waals surface area contributed by atoms with E-state index in [-0.39, 0.29) is 6.42 Å². The van der Waals surface area contributed by atoms with Crippen molar-refractivity contribution in [3.8, 4) is 0 Å². The monoisotopic (exact) mass is 193 g/mol. The van der Waals surface area contributed by atoms with E-state index in [1.807, 2.05) is 12.1 Å². The van der Waals surface area contributed by atoms with E-state index < -0.39 is 5.97 Å². The van der Waals surface area contributed by atoms with Crippen molar-refractivity contribution in [1.82, 2.24) is 0 Å². The standard InChI is InChI=1S/C11H15NO2/c1-7(2)8-3-4-9(6-11(13)14)10(12)5-8/h3-5,7H,6,12H2,1-2H3,(H,13,14). The summed E-state index contributed by atoms with van der Waals surface area (Å²) in [5.41, 5.74) is 8.13. The van der Waals surface area contributed by atoms with Crippen LogP contribution in [0.2, 0.25) is 0 Å². The van der Waals surface area contributed by atoms with Gasteiger partial charge in [-0.1, -0.05) is 26.0 Å². The van der Waals surface area contributed by atoms with Gasteiger partial charge < -0.3 is 10.8 Å². The van der Waals surface area contributed by atoms with Crippen LogP contribution < -0.4 is 5.73 Å². The molecule has 0 atom stereocenters. The van der Waals surface area contributed by atoms with Crippen LogP contribution in [0.25, 0.3) is 0 Å². The maximum absolute atomic E-state index is 10.5. The summed E-state index contributed by atoms with van der Waals surface area (Å²) in [6.45, 7) is 4.15. The molecule has 0 aliphatic heterocycles. The molecule has 0 aliphatic rings. The van der Waals surface area contributed by atoms with Gasteiger partial charge in [-0.25, -0.2) is 0 Å². The lowest BCUT2D eigenvalue weighted by molar-refractivity contribution is -0.136. The molecule has 0 saturated carbocycles. The van der Waals surface area contributed by atoms with Gasteiger partial charge in [-0.3, -0.25) is 4.79 Å². The number of hydrogen-bond acceptors (Lipinski definition) is 2. The molecule has 76 valence electrons. The topological polar surface area (TPSA) is 63.3 Å².